The Labute approximate surface area is 173 Å². The number of hydrogen-bond donors (Lipinski definition) is 3. The van der Waals surface area contributed by atoms with Crippen molar-refractivity contribution in [2.24, 2.45) is 5.92 Å². The van der Waals surface area contributed by atoms with Gasteiger partial charge in [-0.1, -0.05) is 0 Å². The van der Waals surface area contributed by atoms with Crippen molar-refractivity contribution in [3.05, 3.63) is 30.7 Å². The highest BCUT2D eigenvalue weighted by Gasteiger charge is 2.23. The van der Waals surface area contributed by atoms with E-state index in [1.807, 2.05) is 12.3 Å². The van der Waals surface area contributed by atoms with E-state index in [1.165, 1.54) is 38.5 Å². The largest absolute Gasteiger partial charge is 0.379 e. The summed E-state index contributed by atoms with van der Waals surface area (Å²) in [6.45, 7) is 2.89. The molecule has 2 aromatic rings. The summed E-state index contributed by atoms with van der Waals surface area (Å²) >= 11 is 0. The molecule has 2 aliphatic rings. The van der Waals surface area contributed by atoms with Gasteiger partial charge in [-0.15, -0.1) is 0 Å². The molecule has 2 saturated carbocycles. The number of pyridine rings is 1. The van der Waals surface area contributed by atoms with Crippen LogP contribution in [0.15, 0.2) is 30.7 Å². The number of methoxy groups -OCH3 is 1. The zero-order valence-corrected chi connectivity index (χ0v) is 17.3. The molecule has 0 unspecified atom stereocenters. The van der Waals surface area contributed by atoms with E-state index in [2.05, 4.69) is 43.0 Å². The summed E-state index contributed by atoms with van der Waals surface area (Å²) in [7, 11) is 1.77. The molecule has 7 heteroatoms. The van der Waals surface area contributed by atoms with Crippen molar-refractivity contribution >= 4 is 11.6 Å². The van der Waals surface area contributed by atoms with Crippen LogP contribution in [0.5, 0.6) is 0 Å². The van der Waals surface area contributed by atoms with Gasteiger partial charge in [0.2, 0.25) is 0 Å². The molecule has 2 heterocycles. The minimum atomic E-state index is 0.484. The van der Waals surface area contributed by atoms with Gasteiger partial charge in [0, 0.05) is 50.4 Å². The average molecular weight is 398 g/mol. The van der Waals surface area contributed by atoms with Crippen molar-refractivity contribution in [2.45, 2.75) is 50.6 Å². The number of quaternary nitrogens is 1. The fraction of sp³-hybridized carbons (Fsp3) is 0.591. The lowest BCUT2D eigenvalue weighted by atomic mass is 9.91. The second-order valence-electron chi connectivity index (χ2n) is 8.32. The third kappa shape index (κ3) is 6.11. The van der Waals surface area contributed by atoms with Gasteiger partial charge in [0.15, 0.2) is 0 Å². The molecule has 0 spiro atoms. The summed E-state index contributed by atoms with van der Waals surface area (Å²) in [4.78, 5) is 13.4. The first-order chi connectivity index (χ1) is 14.3. The second-order valence-corrected chi connectivity index (χ2v) is 8.32. The molecule has 0 atom stereocenters. The van der Waals surface area contributed by atoms with Gasteiger partial charge in [-0.2, -0.15) is 0 Å². The van der Waals surface area contributed by atoms with Crippen molar-refractivity contribution in [2.75, 3.05) is 37.4 Å². The van der Waals surface area contributed by atoms with Gasteiger partial charge < -0.3 is 20.7 Å². The fourth-order valence-electron chi connectivity index (χ4n) is 3.98. The van der Waals surface area contributed by atoms with Crippen LogP contribution in [-0.4, -0.2) is 53.8 Å². The standard InChI is InChI=1S/C22H32N6O/c1-29-11-10-23-18-4-6-19(7-5-18)28-22-13-20(26-15-27-22)17-8-9-24-21(12-17)25-14-16-2-3-16/h8-9,12-13,15-16,18-19,23H,2-7,10-11,14H2,1H3,(H,24,25)(H,26,27,28)/p+1. The summed E-state index contributed by atoms with van der Waals surface area (Å²) < 4.78 is 5.15. The van der Waals surface area contributed by atoms with E-state index >= 15 is 0 Å². The second kappa shape index (κ2) is 9.98. The molecule has 4 rings (SSSR count). The number of rotatable bonds is 10. The van der Waals surface area contributed by atoms with Gasteiger partial charge in [0.1, 0.15) is 18.0 Å². The van der Waals surface area contributed by atoms with E-state index in [0.29, 0.717) is 6.04 Å². The van der Waals surface area contributed by atoms with Gasteiger partial charge in [-0.3, -0.25) is 0 Å². The molecule has 0 amide bonds. The summed E-state index contributed by atoms with van der Waals surface area (Å²) in [5.41, 5.74) is 2.00. The molecule has 156 valence electrons. The van der Waals surface area contributed by atoms with Crippen LogP contribution in [0.3, 0.4) is 0 Å². The third-order valence-corrected chi connectivity index (χ3v) is 5.94. The molecule has 0 aromatic carbocycles. The number of anilines is 2. The number of nitrogens with zero attached hydrogens (tertiary/aromatic N) is 3. The fourth-order valence-corrected chi connectivity index (χ4v) is 3.98. The van der Waals surface area contributed by atoms with Gasteiger partial charge in [0.25, 0.3) is 0 Å². The van der Waals surface area contributed by atoms with Crippen LogP contribution in [0.25, 0.3) is 11.3 Å². The Morgan fingerprint density at radius 3 is 2.69 bits per heavy atom. The maximum atomic E-state index is 5.15. The first-order valence-electron chi connectivity index (χ1n) is 10.9. The lowest BCUT2D eigenvalue weighted by Gasteiger charge is -2.28. The molecule has 29 heavy (non-hydrogen) atoms. The summed E-state index contributed by atoms with van der Waals surface area (Å²) in [6, 6.07) is 7.35. The molecule has 7 nitrogen and oxygen atoms in total. The topological polar surface area (TPSA) is 88.6 Å². The number of ether oxygens (including phenoxy) is 1. The first-order valence-corrected chi connectivity index (χ1v) is 10.9. The minimum absolute atomic E-state index is 0.484. The Balaban J connectivity index is 1.31. The number of nitrogens with one attached hydrogen (secondary N) is 2. The van der Waals surface area contributed by atoms with E-state index in [1.54, 1.807) is 13.4 Å². The summed E-state index contributed by atoms with van der Waals surface area (Å²) in [5, 5.41) is 9.49. The SMILES string of the molecule is COCC[NH2+]C1CCC(Nc2cc(-c3ccnc(NCC4CC4)c3)ncn2)CC1. The maximum Gasteiger partial charge on any atom is 0.130 e. The Morgan fingerprint density at radius 1 is 1.03 bits per heavy atom. The van der Waals surface area contributed by atoms with Crippen molar-refractivity contribution in [1.29, 1.82) is 0 Å². The molecule has 0 aliphatic heterocycles. The zero-order chi connectivity index (χ0) is 19.9. The van der Waals surface area contributed by atoms with E-state index < -0.39 is 0 Å². The lowest BCUT2D eigenvalue weighted by Crippen LogP contribution is -2.91. The Kier molecular flexibility index (Phi) is 6.90. The van der Waals surface area contributed by atoms with Crippen molar-refractivity contribution in [3.8, 4) is 11.3 Å². The van der Waals surface area contributed by atoms with Crippen LogP contribution >= 0.6 is 0 Å². The Bertz CT molecular complexity index is 773. The molecule has 2 fully saturated rings. The molecule has 4 N–H and O–H groups in total. The molecule has 2 aliphatic carbocycles. The predicted octanol–water partition coefficient (Wildman–Crippen LogP) is 2.29. The Hall–Kier alpha value is -2.25. The van der Waals surface area contributed by atoms with Gasteiger partial charge in [-0.05, 0) is 43.7 Å². The van der Waals surface area contributed by atoms with E-state index in [9.17, 15) is 0 Å². The first kappa shape index (κ1) is 20.0. The maximum absolute atomic E-state index is 5.15. The van der Waals surface area contributed by atoms with Crippen LogP contribution in [0.4, 0.5) is 11.6 Å². The highest BCUT2D eigenvalue weighted by molar-refractivity contribution is 5.65. The molecule has 0 radical (unpaired) electrons. The van der Waals surface area contributed by atoms with Gasteiger partial charge in [0.05, 0.1) is 24.9 Å². The lowest BCUT2D eigenvalue weighted by molar-refractivity contribution is -0.692. The quantitative estimate of drug-likeness (QED) is 0.533. The molecular formula is C22H33N6O+. The van der Waals surface area contributed by atoms with Crippen LogP contribution in [0, 0.1) is 5.92 Å². The average Bonchev–Trinajstić information content (AvgIpc) is 3.59. The zero-order valence-electron chi connectivity index (χ0n) is 17.3. The van der Waals surface area contributed by atoms with Crippen molar-refractivity contribution in [3.63, 3.8) is 0 Å². The van der Waals surface area contributed by atoms with Crippen LogP contribution in [-0.2, 0) is 4.74 Å². The van der Waals surface area contributed by atoms with E-state index in [-0.39, 0.29) is 0 Å². The number of hydrogen-bond acceptors (Lipinski definition) is 6. The highest BCUT2D eigenvalue weighted by Crippen LogP contribution is 2.29. The van der Waals surface area contributed by atoms with Crippen LogP contribution in [0.2, 0.25) is 0 Å². The minimum Gasteiger partial charge on any atom is -0.379 e. The van der Waals surface area contributed by atoms with Crippen LogP contribution in [0.1, 0.15) is 38.5 Å². The van der Waals surface area contributed by atoms with E-state index in [4.69, 9.17) is 4.74 Å². The molecular weight excluding hydrogens is 364 g/mol. The third-order valence-electron chi connectivity index (χ3n) is 5.94. The molecule has 2 aromatic heterocycles. The molecule has 0 saturated heterocycles. The van der Waals surface area contributed by atoms with E-state index in [0.717, 1.165) is 54.5 Å². The van der Waals surface area contributed by atoms with Crippen molar-refractivity contribution in [1.82, 2.24) is 15.0 Å². The Morgan fingerprint density at radius 2 is 1.90 bits per heavy atom. The highest BCUT2D eigenvalue weighted by atomic mass is 16.5. The van der Waals surface area contributed by atoms with Crippen LogP contribution < -0.4 is 16.0 Å². The molecule has 0 bridgehead atoms. The normalized spacial score (nSPS) is 21.7. The van der Waals surface area contributed by atoms with Crippen molar-refractivity contribution < 1.29 is 10.1 Å². The van der Waals surface area contributed by atoms with Gasteiger partial charge >= 0.3 is 0 Å². The summed E-state index contributed by atoms with van der Waals surface area (Å²) in [5.74, 6) is 2.65. The number of aromatic nitrogens is 3. The number of nitrogens with two attached hydrogens (primary N) is 1. The summed E-state index contributed by atoms with van der Waals surface area (Å²) in [6.07, 6.45) is 11.0. The van der Waals surface area contributed by atoms with Gasteiger partial charge in [-0.25, -0.2) is 15.0 Å². The monoisotopic (exact) mass is 397 g/mol. The predicted molar refractivity (Wildman–Crippen MR) is 115 cm³/mol. The smallest absolute Gasteiger partial charge is 0.130 e.